The standard InChI is InChI=1S/C15H23ClN4/c1-11-8-12-14(17-9-11)20(13(18-12)6-7-16)10-15(2,3)19(4)5/h8-9H,6-7,10H2,1-5H3. The van der Waals surface area contributed by atoms with Gasteiger partial charge in [0, 0.05) is 30.6 Å². The molecule has 20 heavy (non-hydrogen) atoms. The second kappa shape index (κ2) is 5.70. The zero-order chi connectivity index (χ0) is 14.9. The highest BCUT2D eigenvalue weighted by Crippen LogP contribution is 2.21. The molecule has 2 aromatic rings. The van der Waals surface area contributed by atoms with Crippen LogP contribution in [0.25, 0.3) is 11.2 Å². The van der Waals surface area contributed by atoms with Gasteiger partial charge in [-0.05, 0) is 46.5 Å². The summed E-state index contributed by atoms with van der Waals surface area (Å²) in [5, 5.41) is 0. The Labute approximate surface area is 125 Å². The van der Waals surface area contributed by atoms with Crippen LogP contribution in [0.15, 0.2) is 12.3 Å². The molecule has 0 fully saturated rings. The molecule has 0 aliphatic rings. The number of pyridine rings is 1. The van der Waals surface area contributed by atoms with Crippen LogP contribution in [-0.4, -0.2) is 44.9 Å². The first-order chi connectivity index (χ1) is 9.35. The fourth-order valence-corrected chi connectivity index (χ4v) is 2.30. The topological polar surface area (TPSA) is 34.0 Å². The summed E-state index contributed by atoms with van der Waals surface area (Å²) in [5.74, 6) is 1.59. The van der Waals surface area contributed by atoms with Crippen LogP contribution in [0, 0.1) is 6.92 Å². The molecule has 0 aliphatic heterocycles. The Morgan fingerprint density at radius 2 is 2.05 bits per heavy atom. The minimum atomic E-state index is 0.0290. The summed E-state index contributed by atoms with van der Waals surface area (Å²) in [6.45, 7) is 7.32. The predicted molar refractivity (Wildman–Crippen MR) is 84.5 cm³/mol. The largest absolute Gasteiger partial charge is 0.311 e. The number of likely N-dealkylation sites (N-methyl/N-ethyl adjacent to an activating group) is 1. The van der Waals surface area contributed by atoms with Gasteiger partial charge in [-0.15, -0.1) is 11.6 Å². The first-order valence-electron chi connectivity index (χ1n) is 6.90. The van der Waals surface area contributed by atoms with Gasteiger partial charge in [-0.25, -0.2) is 9.97 Å². The van der Waals surface area contributed by atoms with Gasteiger partial charge >= 0.3 is 0 Å². The lowest BCUT2D eigenvalue weighted by molar-refractivity contribution is 0.169. The van der Waals surface area contributed by atoms with E-state index in [-0.39, 0.29) is 5.54 Å². The summed E-state index contributed by atoms with van der Waals surface area (Å²) in [6.07, 6.45) is 2.66. The van der Waals surface area contributed by atoms with Crippen LogP contribution >= 0.6 is 11.6 Å². The molecular weight excluding hydrogens is 272 g/mol. The maximum absolute atomic E-state index is 5.92. The van der Waals surface area contributed by atoms with E-state index in [4.69, 9.17) is 16.6 Å². The predicted octanol–water partition coefficient (Wildman–Crippen LogP) is 2.86. The van der Waals surface area contributed by atoms with Crippen LogP contribution in [0.4, 0.5) is 0 Å². The normalized spacial score (nSPS) is 12.6. The lowest BCUT2D eigenvalue weighted by Crippen LogP contribution is -2.42. The number of hydrogen-bond donors (Lipinski definition) is 0. The van der Waals surface area contributed by atoms with Crippen molar-refractivity contribution >= 4 is 22.8 Å². The molecule has 2 heterocycles. The molecule has 0 radical (unpaired) electrons. The van der Waals surface area contributed by atoms with Crippen LogP contribution in [0.2, 0.25) is 0 Å². The van der Waals surface area contributed by atoms with Crippen molar-refractivity contribution in [1.82, 2.24) is 19.4 Å². The maximum Gasteiger partial charge on any atom is 0.160 e. The fraction of sp³-hybridized carbons (Fsp3) is 0.600. The Kier molecular flexibility index (Phi) is 4.35. The van der Waals surface area contributed by atoms with E-state index in [1.54, 1.807) is 0 Å². The zero-order valence-electron chi connectivity index (χ0n) is 12.9. The van der Waals surface area contributed by atoms with Crippen LogP contribution in [0.1, 0.15) is 25.2 Å². The van der Waals surface area contributed by atoms with Crippen LogP contribution in [0.3, 0.4) is 0 Å². The van der Waals surface area contributed by atoms with E-state index in [0.717, 1.165) is 35.5 Å². The van der Waals surface area contributed by atoms with Crippen molar-refractivity contribution in [2.75, 3.05) is 20.0 Å². The molecule has 110 valence electrons. The van der Waals surface area contributed by atoms with Crippen molar-refractivity contribution in [1.29, 1.82) is 0 Å². The minimum absolute atomic E-state index is 0.0290. The van der Waals surface area contributed by atoms with E-state index in [1.165, 1.54) is 0 Å². The summed E-state index contributed by atoms with van der Waals surface area (Å²) in [6, 6.07) is 2.08. The summed E-state index contributed by atoms with van der Waals surface area (Å²) >= 11 is 5.92. The average molecular weight is 295 g/mol. The van der Waals surface area contributed by atoms with Gasteiger partial charge in [0.1, 0.15) is 11.3 Å². The summed E-state index contributed by atoms with van der Waals surface area (Å²) in [5.41, 5.74) is 3.07. The molecule has 0 unspecified atom stereocenters. The molecule has 5 heteroatoms. The first kappa shape index (κ1) is 15.3. The lowest BCUT2D eigenvalue weighted by atomic mass is 10.0. The third kappa shape index (κ3) is 2.96. The van der Waals surface area contributed by atoms with E-state index in [9.17, 15) is 0 Å². The van der Waals surface area contributed by atoms with E-state index < -0.39 is 0 Å². The summed E-state index contributed by atoms with van der Waals surface area (Å²) in [7, 11) is 4.19. The number of rotatable bonds is 5. The van der Waals surface area contributed by atoms with Crippen molar-refractivity contribution in [3.05, 3.63) is 23.7 Å². The van der Waals surface area contributed by atoms with Gasteiger partial charge in [-0.1, -0.05) is 0 Å². The molecule has 0 bridgehead atoms. The number of halogens is 1. The molecule has 2 rings (SSSR count). The van der Waals surface area contributed by atoms with Crippen molar-refractivity contribution in [2.24, 2.45) is 0 Å². The van der Waals surface area contributed by atoms with Crippen LogP contribution < -0.4 is 0 Å². The lowest BCUT2D eigenvalue weighted by Gasteiger charge is -2.33. The van der Waals surface area contributed by atoms with Crippen molar-refractivity contribution < 1.29 is 0 Å². The Bertz CT molecular complexity index is 601. The first-order valence-corrected chi connectivity index (χ1v) is 7.44. The summed E-state index contributed by atoms with van der Waals surface area (Å²) in [4.78, 5) is 11.5. The van der Waals surface area contributed by atoms with E-state index in [2.05, 4.69) is 48.5 Å². The monoisotopic (exact) mass is 294 g/mol. The molecule has 0 atom stereocenters. The van der Waals surface area contributed by atoms with Gasteiger partial charge in [0.15, 0.2) is 5.65 Å². The smallest absolute Gasteiger partial charge is 0.160 e. The van der Waals surface area contributed by atoms with Crippen molar-refractivity contribution in [3.8, 4) is 0 Å². The number of aryl methyl sites for hydroxylation is 2. The molecule has 0 N–H and O–H groups in total. The number of fused-ring (bicyclic) bond motifs is 1. The van der Waals surface area contributed by atoms with Crippen LogP contribution in [0.5, 0.6) is 0 Å². The Balaban J connectivity index is 2.51. The van der Waals surface area contributed by atoms with Gasteiger partial charge in [-0.2, -0.15) is 0 Å². The Hall–Kier alpha value is -1.13. The second-order valence-corrected chi connectivity index (χ2v) is 6.49. The highest BCUT2D eigenvalue weighted by Gasteiger charge is 2.24. The third-order valence-corrected chi connectivity index (χ3v) is 4.06. The minimum Gasteiger partial charge on any atom is -0.311 e. The number of imidazole rings is 1. The number of alkyl halides is 1. The van der Waals surface area contributed by atoms with Crippen LogP contribution in [-0.2, 0) is 13.0 Å². The van der Waals surface area contributed by atoms with E-state index in [0.29, 0.717) is 5.88 Å². The highest BCUT2D eigenvalue weighted by molar-refractivity contribution is 6.17. The van der Waals surface area contributed by atoms with Gasteiger partial charge in [-0.3, -0.25) is 0 Å². The molecule has 2 aromatic heterocycles. The summed E-state index contributed by atoms with van der Waals surface area (Å²) < 4.78 is 2.21. The Morgan fingerprint density at radius 1 is 1.35 bits per heavy atom. The van der Waals surface area contributed by atoms with E-state index >= 15 is 0 Å². The molecular formula is C15H23ClN4. The van der Waals surface area contributed by atoms with Gasteiger partial charge < -0.3 is 9.47 Å². The number of hydrogen-bond acceptors (Lipinski definition) is 3. The average Bonchev–Trinajstić information content (AvgIpc) is 2.66. The molecule has 0 aromatic carbocycles. The molecule has 0 saturated heterocycles. The highest BCUT2D eigenvalue weighted by atomic mass is 35.5. The third-order valence-electron chi connectivity index (χ3n) is 3.87. The quantitative estimate of drug-likeness (QED) is 0.795. The van der Waals surface area contributed by atoms with Crippen molar-refractivity contribution in [2.45, 2.75) is 39.3 Å². The molecule has 0 aliphatic carbocycles. The van der Waals surface area contributed by atoms with Crippen molar-refractivity contribution in [3.63, 3.8) is 0 Å². The Morgan fingerprint density at radius 3 is 2.65 bits per heavy atom. The SMILES string of the molecule is Cc1cnc2c(c1)nc(CCCl)n2CC(C)(C)N(C)C. The molecule has 0 amide bonds. The fourth-order valence-electron chi connectivity index (χ4n) is 2.13. The molecule has 0 spiro atoms. The zero-order valence-corrected chi connectivity index (χ0v) is 13.7. The van der Waals surface area contributed by atoms with E-state index in [1.807, 2.05) is 13.1 Å². The molecule has 4 nitrogen and oxygen atoms in total. The maximum atomic E-state index is 5.92. The molecule has 0 saturated carbocycles. The van der Waals surface area contributed by atoms with Gasteiger partial charge in [0.25, 0.3) is 0 Å². The van der Waals surface area contributed by atoms with Gasteiger partial charge in [0.2, 0.25) is 0 Å². The number of aromatic nitrogens is 3. The number of nitrogens with zero attached hydrogens (tertiary/aromatic N) is 4. The second-order valence-electron chi connectivity index (χ2n) is 6.12. The van der Waals surface area contributed by atoms with Gasteiger partial charge in [0.05, 0.1) is 0 Å².